The van der Waals surface area contributed by atoms with Crippen LogP contribution < -0.4 is 10.0 Å². The van der Waals surface area contributed by atoms with Crippen molar-refractivity contribution < 1.29 is 23.3 Å². The fourth-order valence-electron chi connectivity index (χ4n) is 2.06. The summed E-state index contributed by atoms with van der Waals surface area (Å²) in [6.45, 7) is 3.90. The van der Waals surface area contributed by atoms with Crippen LogP contribution in [0.5, 0.6) is 11.5 Å². The Labute approximate surface area is 139 Å². The maximum absolute atomic E-state index is 12.8. The Bertz CT molecular complexity index is 754. The van der Waals surface area contributed by atoms with E-state index < -0.39 is 12.5 Å². The van der Waals surface area contributed by atoms with Crippen molar-refractivity contribution >= 4 is 18.6 Å². The number of benzene rings is 2. The maximum atomic E-state index is 12.8. The predicted molar refractivity (Wildman–Crippen MR) is 90.1 cm³/mol. The van der Waals surface area contributed by atoms with E-state index in [4.69, 9.17) is 13.8 Å². The molecule has 0 amide bonds. The average Bonchev–Trinajstić information content (AvgIpc) is 2.56. The summed E-state index contributed by atoms with van der Waals surface area (Å²) in [4.78, 5) is 10.5. The van der Waals surface area contributed by atoms with Crippen molar-refractivity contribution in [2.75, 3.05) is 13.2 Å². The van der Waals surface area contributed by atoms with Crippen molar-refractivity contribution in [3.05, 3.63) is 58.6 Å². The first-order chi connectivity index (χ1) is 11.5. The summed E-state index contributed by atoms with van der Waals surface area (Å²) in [5.74, 6) is 0.406. The molecule has 7 nitrogen and oxygen atoms in total. The molecule has 0 aliphatic carbocycles. The van der Waals surface area contributed by atoms with E-state index in [1.165, 1.54) is 18.2 Å². The van der Waals surface area contributed by atoms with Gasteiger partial charge in [-0.15, -0.1) is 0 Å². The molecular weight excluding hydrogens is 333 g/mol. The van der Waals surface area contributed by atoms with Crippen LogP contribution >= 0.6 is 7.60 Å². The lowest BCUT2D eigenvalue weighted by Gasteiger charge is -2.17. The molecule has 0 radical (unpaired) electrons. The molecule has 24 heavy (non-hydrogen) atoms. The van der Waals surface area contributed by atoms with Crippen molar-refractivity contribution in [2.24, 2.45) is 0 Å². The summed E-state index contributed by atoms with van der Waals surface area (Å²) in [5.41, 5.74) is -0.152. The van der Waals surface area contributed by atoms with Crippen molar-refractivity contribution in [1.82, 2.24) is 0 Å². The standard InChI is InChI=1S/C16H18NO6P/c1-3-21-24(20,22-4-2)14-9-7-8-13(12-14)23-16-11-6-5-10-15(16)17(18)19/h5-12H,3-4H2,1-2H3. The Morgan fingerprint density at radius 3 is 2.33 bits per heavy atom. The van der Waals surface area contributed by atoms with Crippen LogP contribution in [0.4, 0.5) is 5.69 Å². The highest BCUT2D eigenvalue weighted by Crippen LogP contribution is 2.47. The summed E-state index contributed by atoms with van der Waals surface area (Å²) in [6.07, 6.45) is 0. The van der Waals surface area contributed by atoms with Gasteiger partial charge in [0.15, 0.2) is 0 Å². The summed E-state index contributed by atoms with van der Waals surface area (Å²) in [5, 5.41) is 11.4. The van der Waals surface area contributed by atoms with E-state index in [0.717, 1.165) is 0 Å². The largest absolute Gasteiger partial charge is 0.450 e. The van der Waals surface area contributed by atoms with Gasteiger partial charge >= 0.3 is 13.3 Å². The summed E-state index contributed by atoms with van der Waals surface area (Å²) in [6, 6.07) is 12.4. The molecule has 0 aromatic heterocycles. The first-order valence-corrected chi connectivity index (χ1v) is 8.95. The predicted octanol–water partition coefficient (Wildman–Crippen LogP) is 4.28. The lowest BCUT2D eigenvalue weighted by molar-refractivity contribution is -0.385. The van der Waals surface area contributed by atoms with Crippen molar-refractivity contribution in [3.63, 3.8) is 0 Å². The molecule has 0 heterocycles. The van der Waals surface area contributed by atoms with E-state index in [2.05, 4.69) is 0 Å². The summed E-state index contributed by atoms with van der Waals surface area (Å²) in [7, 11) is -3.45. The van der Waals surface area contributed by atoms with Crippen LogP contribution in [0.15, 0.2) is 48.5 Å². The fourth-order valence-corrected chi connectivity index (χ4v) is 3.67. The topological polar surface area (TPSA) is 87.9 Å². The van der Waals surface area contributed by atoms with E-state index in [9.17, 15) is 14.7 Å². The molecule has 0 aliphatic rings. The van der Waals surface area contributed by atoms with Gasteiger partial charge in [-0.1, -0.05) is 18.2 Å². The summed E-state index contributed by atoms with van der Waals surface area (Å²) >= 11 is 0. The van der Waals surface area contributed by atoms with Crippen molar-refractivity contribution in [3.8, 4) is 11.5 Å². The quantitative estimate of drug-likeness (QED) is 0.401. The first-order valence-electron chi connectivity index (χ1n) is 7.41. The third kappa shape index (κ3) is 4.20. The molecule has 0 bridgehead atoms. The number of ether oxygens (including phenoxy) is 1. The van der Waals surface area contributed by atoms with Gasteiger partial charge in [0.1, 0.15) is 5.75 Å². The molecule has 2 aromatic carbocycles. The number of hydrogen-bond donors (Lipinski definition) is 0. The summed E-state index contributed by atoms with van der Waals surface area (Å²) < 4.78 is 29.0. The van der Waals surface area contributed by atoms with Gasteiger partial charge in [-0.25, -0.2) is 0 Å². The van der Waals surface area contributed by atoms with Crippen molar-refractivity contribution in [1.29, 1.82) is 0 Å². The molecular formula is C16H18NO6P. The molecule has 8 heteroatoms. The minimum Gasteiger partial charge on any atom is -0.450 e. The van der Waals surface area contributed by atoms with Gasteiger partial charge in [0, 0.05) is 6.07 Å². The fraction of sp³-hybridized carbons (Fsp3) is 0.250. The molecule has 2 aromatic rings. The van der Waals surface area contributed by atoms with Crippen LogP contribution in [0.1, 0.15) is 13.8 Å². The maximum Gasteiger partial charge on any atom is 0.361 e. The number of hydrogen-bond acceptors (Lipinski definition) is 6. The molecule has 0 fully saturated rings. The molecule has 0 N–H and O–H groups in total. The number of nitro groups is 1. The van der Waals surface area contributed by atoms with Crippen LogP contribution in [-0.4, -0.2) is 18.1 Å². The highest BCUT2D eigenvalue weighted by atomic mass is 31.2. The van der Waals surface area contributed by atoms with Gasteiger partial charge in [-0.3, -0.25) is 14.7 Å². The van der Waals surface area contributed by atoms with E-state index >= 15 is 0 Å². The Kier molecular flexibility index (Phi) is 6.09. The van der Waals surface area contributed by atoms with E-state index in [1.807, 2.05) is 0 Å². The average molecular weight is 351 g/mol. The van der Waals surface area contributed by atoms with Crippen LogP contribution in [0.2, 0.25) is 0 Å². The Morgan fingerprint density at radius 1 is 1.04 bits per heavy atom. The second-order valence-corrected chi connectivity index (χ2v) is 6.69. The Balaban J connectivity index is 2.34. The second-order valence-electron chi connectivity index (χ2n) is 4.66. The third-order valence-corrected chi connectivity index (χ3v) is 5.13. The zero-order valence-corrected chi connectivity index (χ0v) is 14.3. The van der Waals surface area contributed by atoms with Gasteiger partial charge in [0.25, 0.3) is 0 Å². The van der Waals surface area contributed by atoms with Crippen LogP contribution in [-0.2, 0) is 13.6 Å². The van der Waals surface area contributed by atoms with E-state index in [-0.39, 0.29) is 24.7 Å². The molecule has 0 aliphatic heterocycles. The zero-order chi connectivity index (χ0) is 17.6. The molecule has 0 unspecified atom stereocenters. The molecule has 0 atom stereocenters. The molecule has 0 saturated heterocycles. The molecule has 0 saturated carbocycles. The smallest absolute Gasteiger partial charge is 0.361 e. The third-order valence-electron chi connectivity index (χ3n) is 3.02. The van der Waals surface area contributed by atoms with Crippen LogP contribution in [0, 0.1) is 10.1 Å². The highest BCUT2D eigenvalue weighted by Gasteiger charge is 2.27. The normalized spacial score (nSPS) is 11.2. The van der Waals surface area contributed by atoms with Gasteiger partial charge in [-0.2, -0.15) is 0 Å². The SMILES string of the molecule is CCOP(=O)(OCC)c1cccc(Oc2ccccc2[N+](=O)[O-])c1. The minimum absolute atomic E-state index is 0.0994. The molecule has 128 valence electrons. The molecule has 0 spiro atoms. The first kappa shape index (κ1) is 18.1. The number of nitro benzene ring substituents is 1. The van der Waals surface area contributed by atoms with Gasteiger partial charge in [0.05, 0.1) is 23.4 Å². The highest BCUT2D eigenvalue weighted by molar-refractivity contribution is 7.62. The Morgan fingerprint density at radius 2 is 1.71 bits per heavy atom. The Hall–Kier alpha value is -2.21. The lowest BCUT2D eigenvalue weighted by Crippen LogP contribution is -2.10. The van der Waals surface area contributed by atoms with Crippen molar-refractivity contribution in [2.45, 2.75) is 13.8 Å². The zero-order valence-electron chi connectivity index (χ0n) is 13.4. The van der Waals surface area contributed by atoms with Gasteiger partial charge in [-0.05, 0) is 38.1 Å². The second kappa shape index (κ2) is 8.06. The van der Waals surface area contributed by atoms with Crippen LogP contribution in [0.25, 0.3) is 0 Å². The number of para-hydroxylation sites is 2. The van der Waals surface area contributed by atoms with Gasteiger partial charge < -0.3 is 13.8 Å². The number of rotatable bonds is 8. The minimum atomic E-state index is -3.45. The van der Waals surface area contributed by atoms with Crippen LogP contribution in [0.3, 0.4) is 0 Å². The number of nitrogens with zero attached hydrogens (tertiary/aromatic N) is 1. The van der Waals surface area contributed by atoms with Gasteiger partial charge in [0.2, 0.25) is 5.75 Å². The van der Waals surface area contributed by atoms with E-state index in [0.29, 0.717) is 11.1 Å². The van der Waals surface area contributed by atoms with E-state index in [1.54, 1.807) is 44.2 Å². The lowest BCUT2D eigenvalue weighted by atomic mass is 10.3. The monoisotopic (exact) mass is 351 g/mol. The molecule has 2 rings (SSSR count).